The van der Waals surface area contributed by atoms with Crippen LogP contribution >= 0.6 is 0 Å². The second-order valence-corrected chi connectivity index (χ2v) is 7.97. The monoisotopic (exact) mass is 326 g/mol. The maximum Gasteiger partial charge on any atom is 0.317 e. The second-order valence-electron chi connectivity index (χ2n) is 7.97. The number of esters is 1. The first-order valence-electron chi connectivity index (χ1n) is 8.78. The van der Waals surface area contributed by atoms with Gasteiger partial charge in [-0.2, -0.15) is 0 Å². The number of carbonyl (C=O) groups is 1. The van der Waals surface area contributed by atoms with Crippen molar-refractivity contribution < 1.29 is 23.7 Å². The topological polar surface area (TPSA) is 54.0 Å². The first-order chi connectivity index (χ1) is 10.7. The zero-order valence-electron chi connectivity index (χ0n) is 15.3. The van der Waals surface area contributed by atoms with Crippen LogP contribution in [0.4, 0.5) is 0 Å². The smallest absolute Gasteiger partial charge is 0.317 e. The highest BCUT2D eigenvalue weighted by molar-refractivity contribution is 5.79. The molecular weight excluding hydrogens is 296 g/mol. The van der Waals surface area contributed by atoms with Gasteiger partial charge in [-0.3, -0.25) is 4.79 Å². The minimum atomic E-state index is -0.976. The first kappa shape index (κ1) is 17.2. The Morgan fingerprint density at radius 2 is 1.70 bits per heavy atom. The van der Waals surface area contributed by atoms with E-state index in [4.69, 9.17) is 18.9 Å². The Labute approximate surface area is 139 Å². The van der Waals surface area contributed by atoms with Crippen molar-refractivity contribution in [1.82, 2.24) is 0 Å². The molecule has 0 N–H and O–H groups in total. The molecular formula is C18H30O5. The van der Waals surface area contributed by atoms with Crippen LogP contribution < -0.4 is 0 Å². The minimum absolute atomic E-state index is 0.277. The van der Waals surface area contributed by atoms with Gasteiger partial charge in [0.25, 0.3) is 0 Å². The number of carbonyl (C=O) groups excluding carboxylic acids is 1. The molecule has 132 valence electrons. The molecule has 5 heteroatoms. The van der Waals surface area contributed by atoms with Crippen LogP contribution in [-0.4, -0.2) is 37.4 Å². The normalized spacial score (nSPS) is 50.5. The summed E-state index contributed by atoms with van der Waals surface area (Å²) in [6.07, 6.45) is 5.16. The van der Waals surface area contributed by atoms with E-state index in [1.54, 1.807) is 7.11 Å². The Hall–Kier alpha value is -0.650. The van der Waals surface area contributed by atoms with Gasteiger partial charge in [-0.05, 0) is 33.1 Å². The molecule has 1 saturated carbocycles. The highest BCUT2D eigenvalue weighted by Crippen LogP contribution is 2.79. The van der Waals surface area contributed by atoms with E-state index in [1.165, 1.54) is 7.11 Å². The quantitative estimate of drug-likeness (QED) is 0.700. The SMILES string of the molecule is CCC[C@]12C[C@@]3(C)[C@@](CCC)(O1)O[C@]3(OC)[C@@](C)(C(=O)OC)C2. The largest absolute Gasteiger partial charge is 0.468 e. The van der Waals surface area contributed by atoms with E-state index in [1.807, 2.05) is 6.92 Å². The van der Waals surface area contributed by atoms with Gasteiger partial charge in [0.05, 0.1) is 18.1 Å². The summed E-state index contributed by atoms with van der Waals surface area (Å²) in [4.78, 5) is 12.7. The Bertz CT molecular complexity index is 518. The summed E-state index contributed by atoms with van der Waals surface area (Å²) in [5.41, 5.74) is -1.55. The van der Waals surface area contributed by atoms with Gasteiger partial charge in [0, 0.05) is 13.5 Å². The predicted octanol–water partition coefficient (Wildman–Crippen LogP) is 3.40. The average Bonchev–Trinajstić information content (AvgIpc) is 2.59. The van der Waals surface area contributed by atoms with Crippen molar-refractivity contribution in [3.05, 3.63) is 0 Å². The van der Waals surface area contributed by atoms with Crippen molar-refractivity contribution in [3.63, 3.8) is 0 Å². The molecule has 0 aromatic carbocycles. The van der Waals surface area contributed by atoms with E-state index in [0.29, 0.717) is 6.42 Å². The zero-order valence-corrected chi connectivity index (χ0v) is 15.3. The molecule has 5 nitrogen and oxygen atoms in total. The van der Waals surface area contributed by atoms with Crippen LogP contribution in [0.2, 0.25) is 0 Å². The van der Waals surface area contributed by atoms with Crippen LogP contribution in [-0.2, 0) is 23.7 Å². The van der Waals surface area contributed by atoms with Crippen LogP contribution in [0, 0.1) is 10.8 Å². The van der Waals surface area contributed by atoms with Gasteiger partial charge < -0.3 is 18.9 Å². The van der Waals surface area contributed by atoms with Gasteiger partial charge >= 0.3 is 5.97 Å². The zero-order chi connectivity index (χ0) is 17.1. The molecule has 0 aromatic heterocycles. The number of fused-ring (bicyclic) bond motifs is 1. The number of rotatable bonds is 6. The number of hydrogen-bond donors (Lipinski definition) is 0. The molecule has 0 amide bonds. The van der Waals surface area contributed by atoms with Crippen LogP contribution in [0.1, 0.15) is 66.2 Å². The molecule has 2 saturated heterocycles. The van der Waals surface area contributed by atoms with Crippen LogP contribution in [0.5, 0.6) is 0 Å². The molecule has 0 aromatic rings. The van der Waals surface area contributed by atoms with Crippen molar-refractivity contribution >= 4 is 5.97 Å². The highest BCUT2D eigenvalue weighted by Gasteiger charge is 2.90. The fourth-order valence-corrected chi connectivity index (χ4v) is 5.97. The Morgan fingerprint density at radius 3 is 2.22 bits per heavy atom. The van der Waals surface area contributed by atoms with Gasteiger partial charge in [-0.1, -0.05) is 26.7 Å². The Kier molecular flexibility index (Phi) is 3.68. The third-order valence-electron chi connectivity index (χ3n) is 6.54. The maximum atomic E-state index is 12.7. The fourth-order valence-electron chi connectivity index (χ4n) is 5.97. The van der Waals surface area contributed by atoms with Crippen LogP contribution in [0.15, 0.2) is 0 Å². The van der Waals surface area contributed by atoms with E-state index in [2.05, 4.69) is 20.8 Å². The van der Waals surface area contributed by atoms with Crippen molar-refractivity contribution in [3.8, 4) is 0 Å². The molecule has 2 heterocycles. The molecule has 5 atom stereocenters. The van der Waals surface area contributed by atoms with Gasteiger partial charge in [-0.25, -0.2) is 0 Å². The fraction of sp³-hybridized carbons (Fsp3) is 0.944. The summed E-state index contributed by atoms with van der Waals surface area (Å²) in [6, 6.07) is 0. The van der Waals surface area contributed by atoms with Crippen LogP contribution in [0.3, 0.4) is 0 Å². The molecule has 0 radical (unpaired) electrons. The Morgan fingerprint density at radius 1 is 1.04 bits per heavy atom. The summed E-state index contributed by atoms with van der Waals surface area (Å²) in [6.45, 7) is 8.36. The van der Waals surface area contributed by atoms with Crippen molar-refractivity contribution in [1.29, 1.82) is 0 Å². The molecule has 0 unspecified atom stereocenters. The summed E-state index contributed by atoms with van der Waals surface area (Å²) in [5, 5.41) is 0. The Balaban J connectivity index is 2.14. The first-order valence-corrected chi connectivity index (χ1v) is 8.78. The second kappa shape index (κ2) is 4.93. The van der Waals surface area contributed by atoms with E-state index < -0.39 is 17.0 Å². The lowest BCUT2D eigenvalue weighted by Crippen LogP contribution is -2.81. The molecule has 2 aliphatic heterocycles. The third kappa shape index (κ3) is 1.66. The summed E-state index contributed by atoms with van der Waals surface area (Å²) < 4.78 is 24.1. The summed E-state index contributed by atoms with van der Waals surface area (Å²) in [5.74, 6) is -1.89. The average molecular weight is 326 g/mol. The van der Waals surface area contributed by atoms with Crippen molar-refractivity contribution in [2.24, 2.45) is 10.8 Å². The lowest BCUT2D eigenvalue weighted by Gasteiger charge is -2.68. The third-order valence-corrected chi connectivity index (χ3v) is 6.54. The molecule has 3 rings (SSSR count). The van der Waals surface area contributed by atoms with Gasteiger partial charge in [-0.15, -0.1) is 0 Å². The number of methoxy groups -OCH3 is 2. The van der Waals surface area contributed by atoms with E-state index in [0.717, 1.165) is 32.1 Å². The maximum absolute atomic E-state index is 12.7. The van der Waals surface area contributed by atoms with Gasteiger partial charge in [0.1, 0.15) is 5.41 Å². The van der Waals surface area contributed by atoms with Gasteiger partial charge in [0.15, 0.2) is 11.6 Å². The standard InChI is InChI=1S/C18H30O5/c1-7-9-16-11-14(3,13(19)20-5)18(21-6)15(4,12-16)17(22-16,23-18)10-8-2/h7-12H2,1-6H3/t14-,15+,16+,17+,18-/m1/s1. The molecule has 3 fully saturated rings. The predicted molar refractivity (Wildman–Crippen MR) is 84.7 cm³/mol. The lowest BCUT2D eigenvalue weighted by atomic mass is 9.49. The molecule has 0 spiro atoms. The van der Waals surface area contributed by atoms with Crippen molar-refractivity contribution in [2.45, 2.75) is 83.4 Å². The minimum Gasteiger partial charge on any atom is -0.468 e. The van der Waals surface area contributed by atoms with E-state index in [-0.39, 0.29) is 17.0 Å². The highest BCUT2D eigenvalue weighted by atomic mass is 16.8. The van der Waals surface area contributed by atoms with E-state index in [9.17, 15) is 4.79 Å². The number of ether oxygens (including phenoxy) is 4. The molecule has 23 heavy (non-hydrogen) atoms. The molecule has 1 aliphatic carbocycles. The van der Waals surface area contributed by atoms with Crippen LogP contribution in [0.25, 0.3) is 0 Å². The number of hydrogen-bond acceptors (Lipinski definition) is 5. The molecule has 2 bridgehead atoms. The van der Waals surface area contributed by atoms with Crippen molar-refractivity contribution in [2.75, 3.05) is 14.2 Å². The van der Waals surface area contributed by atoms with Gasteiger partial charge in [0.2, 0.25) is 0 Å². The van der Waals surface area contributed by atoms with E-state index >= 15 is 0 Å². The summed E-state index contributed by atoms with van der Waals surface area (Å²) in [7, 11) is 3.06. The molecule has 3 aliphatic rings. The lowest BCUT2D eigenvalue weighted by molar-refractivity contribution is -0.523. The summed E-state index contributed by atoms with van der Waals surface area (Å²) >= 11 is 0.